The van der Waals surface area contributed by atoms with E-state index in [1.54, 1.807) is 4.90 Å². The number of ether oxygens (including phenoxy) is 2. The Kier molecular flexibility index (Phi) is 5.84. The molecule has 2 aromatic rings. The Labute approximate surface area is 141 Å². The van der Waals surface area contributed by atoms with Crippen molar-refractivity contribution in [2.45, 2.75) is 13.0 Å². The monoisotopic (exact) mass is 334 g/mol. The molecule has 2 N–H and O–H groups in total. The number of para-hydroxylation sites is 1. The molecule has 0 unspecified atom stereocenters. The lowest BCUT2D eigenvalue weighted by atomic mass is 10.1. The van der Waals surface area contributed by atoms with Crippen LogP contribution in [0.3, 0.4) is 0 Å². The second-order valence-corrected chi connectivity index (χ2v) is 5.04. The van der Waals surface area contributed by atoms with Gasteiger partial charge < -0.3 is 20.1 Å². The third kappa shape index (κ3) is 3.94. The smallest absolute Gasteiger partial charge is 0.231 e. The van der Waals surface area contributed by atoms with E-state index in [1.165, 1.54) is 0 Å². The summed E-state index contributed by atoms with van der Waals surface area (Å²) < 4.78 is 10.7. The molecule has 0 spiro atoms. The van der Waals surface area contributed by atoms with Crippen LogP contribution in [0, 0.1) is 0 Å². The molecule has 0 saturated carbocycles. The second kappa shape index (κ2) is 7.85. The number of benzene rings is 2. The molecule has 5 nitrogen and oxygen atoms in total. The van der Waals surface area contributed by atoms with Crippen LogP contribution in [0.2, 0.25) is 0 Å². The number of anilines is 1. The lowest BCUT2D eigenvalue weighted by molar-refractivity contribution is -0.118. The van der Waals surface area contributed by atoms with Gasteiger partial charge in [0.05, 0.1) is 6.54 Å². The molecule has 0 atom stereocenters. The van der Waals surface area contributed by atoms with Crippen LogP contribution in [0.4, 0.5) is 5.69 Å². The highest BCUT2D eigenvalue weighted by molar-refractivity contribution is 5.93. The molecule has 1 aliphatic heterocycles. The van der Waals surface area contributed by atoms with E-state index >= 15 is 0 Å². The molecule has 1 amide bonds. The van der Waals surface area contributed by atoms with Crippen molar-refractivity contribution in [3.63, 3.8) is 0 Å². The van der Waals surface area contributed by atoms with Gasteiger partial charge in [-0.3, -0.25) is 4.79 Å². The summed E-state index contributed by atoms with van der Waals surface area (Å²) in [5, 5.41) is 0. The van der Waals surface area contributed by atoms with Gasteiger partial charge in [0.15, 0.2) is 11.5 Å². The maximum Gasteiger partial charge on any atom is 0.231 e. The normalized spacial score (nSPS) is 11.7. The van der Waals surface area contributed by atoms with Gasteiger partial charge in [-0.25, -0.2) is 0 Å². The number of fused-ring (bicyclic) bond motifs is 1. The highest BCUT2D eigenvalue weighted by atomic mass is 35.5. The predicted molar refractivity (Wildman–Crippen MR) is 91.1 cm³/mol. The average molecular weight is 335 g/mol. The van der Waals surface area contributed by atoms with Crippen LogP contribution in [0.15, 0.2) is 48.5 Å². The van der Waals surface area contributed by atoms with E-state index in [1.807, 2.05) is 48.5 Å². The molecule has 0 saturated heterocycles. The standard InChI is InChI=1S/C17H18N2O3.ClH/c18-9-8-17(20)19(14-4-2-1-3-5-14)11-13-6-7-15-16(10-13)22-12-21-15;/h1-7,10H,8-9,11-12,18H2;1H. The molecule has 1 heterocycles. The number of nitrogens with two attached hydrogens (primary N) is 1. The number of hydrogen-bond donors (Lipinski definition) is 1. The highest BCUT2D eigenvalue weighted by Gasteiger charge is 2.18. The first-order valence-corrected chi connectivity index (χ1v) is 7.22. The topological polar surface area (TPSA) is 64.8 Å². The first-order chi connectivity index (χ1) is 10.8. The molecule has 6 heteroatoms. The zero-order chi connectivity index (χ0) is 15.4. The van der Waals surface area contributed by atoms with E-state index in [4.69, 9.17) is 15.2 Å². The fraction of sp³-hybridized carbons (Fsp3) is 0.235. The fourth-order valence-electron chi connectivity index (χ4n) is 2.41. The molecule has 3 rings (SSSR count). The van der Waals surface area contributed by atoms with Crippen LogP contribution in [-0.4, -0.2) is 19.2 Å². The molecular formula is C17H19ClN2O3. The summed E-state index contributed by atoms with van der Waals surface area (Å²) in [6.45, 7) is 1.05. The number of halogens is 1. The number of amides is 1. The summed E-state index contributed by atoms with van der Waals surface area (Å²) in [6, 6.07) is 15.3. The molecular weight excluding hydrogens is 316 g/mol. The van der Waals surface area contributed by atoms with Gasteiger partial charge in [-0.15, -0.1) is 12.4 Å². The van der Waals surface area contributed by atoms with E-state index in [9.17, 15) is 4.79 Å². The molecule has 0 bridgehead atoms. The van der Waals surface area contributed by atoms with Gasteiger partial charge in [-0.2, -0.15) is 0 Å². The Bertz CT molecular complexity index is 664. The molecule has 0 fully saturated rings. The summed E-state index contributed by atoms with van der Waals surface area (Å²) in [5.74, 6) is 1.46. The fourth-order valence-corrected chi connectivity index (χ4v) is 2.41. The molecule has 0 aromatic heterocycles. The zero-order valence-corrected chi connectivity index (χ0v) is 13.4. The minimum Gasteiger partial charge on any atom is -0.454 e. The molecule has 2 aromatic carbocycles. The van der Waals surface area contributed by atoms with Crippen molar-refractivity contribution in [1.29, 1.82) is 0 Å². The first-order valence-electron chi connectivity index (χ1n) is 7.22. The summed E-state index contributed by atoms with van der Waals surface area (Å²) in [6.07, 6.45) is 0.319. The second-order valence-electron chi connectivity index (χ2n) is 5.04. The van der Waals surface area contributed by atoms with Crippen LogP contribution in [0.1, 0.15) is 12.0 Å². The van der Waals surface area contributed by atoms with Crippen LogP contribution >= 0.6 is 12.4 Å². The highest BCUT2D eigenvalue weighted by Crippen LogP contribution is 2.33. The van der Waals surface area contributed by atoms with Gasteiger partial charge in [-0.05, 0) is 29.8 Å². The largest absolute Gasteiger partial charge is 0.454 e. The van der Waals surface area contributed by atoms with Gasteiger partial charge >= 0.3 is 0 Å². The molecule has 0 aliphatic carbocycles. The molecule has 122 valence electrons. The molecule has 0 radical (unpaired) electrons. The van der Waals surface area contributed by atoms with Crippen molar-refractivity contribution in [3.8, 4) is 11.5 Å². The number of carbonyl (C=O) groups excluding carboxylic acids is 1. The third-order valence-electron chi connectivity index (χ3n) is 3.50. The average Bonchev–Trinajstić information content (AvgIpc) is 3.01. The maximum absolute atomic E-state index is 12.4. The van der Waals surface area contributed by atoms with Crippen LogP contribution < -0.4 is 20.1 Å². The number of rotatable bonds is 5. The van der Waals surface area contributed by atoms with Gasteiger partial charge in [-0.1, -0.05) is 24.3 Å². The number of hydrogen-bond acceptors (Lipinski definition) is 4. The van der Waals surface area contributed by atoms with Gasteiger partial charge in [0, 0.05) is 18.7 Å². The van der Waals surface area contributed by atoms with Crippen molar-refractivity contribution in [2.24, 2.45) is 5.73 Å². The Balaban J connectivity index is 0.00000192. The lowest BCUT2D eigenvalue weighted by Gasteiger charge is -2.23. The van der Waals surface area contributed by atoms with Gasteiger partial charge in [0.25, 0.3) is 0 Å². The van der Waals surface area contributed by atoms with Crippen molar-refractivity contribution in [3.05, 3.63) is 54.1 Å². The first kappa shape index (κ1) is 17.1. The molecule has 1 aliphatic rings. The van der Waals surface area contributed by atoms with E-state index < -0.39 is 0 Å². The predicted octanol–water partition coefficient (Wildman–Crippen LogP) is 2.72. The quantitative estimate of drug-likeness (QED) is 0.913. The summed E-state index contributed by atoms with van der Waals surface area (Å²) in [5.41, 5.74) is 7.37. The van der Waals surface area contributed by atoms with Crippen molar-refractivity contribution in [1.82, 2.24) is 0 Å². The SMILES string of the molecule is Cl.NCCC(=O)N(Cc1ccc2c(c1)OCO2)c1ccccc1. The van der Waals surface area contributed by atoms with Crippen LogP contribution in [0.25, 0.3) is 0 Å². The van der Waals surface area contributed by atoms with Gasteiger partial charge in [0.2, 0.25) is 12.7 Å². The lowest BCUT2D eigenvalue weighted by Crippen LogP contribution is -2.31. The Morgan fingerprint density at radius 2 is 1.83 bits per heavy atom. The Morgan fingerprint density at radius 1 is 1.09 bits per heavy atom. The zero-order valence-electron chi connectivity index (χ0n) is 12.6. The summed E-state index contributed by atoms with van der Waals surface area (Å²) >= 11 is 0. The van der Waals surface area contributed by atoms with Crippen LogP contribution in [-0.2, 0) is 11.3 Å². The minimum absolute atomic E-state index is 0. The summed E-state index contributed by atoms with van der Waals surface area (Å²) in [4.78, 5) is 14.1. The molecule has 23 heavy (non-hydrogen) atoms. The minimum atomic E-state index is 0. The third-order valence-corrected chi connectivity index (χ3v) is 3.50. The van der Waals surface area contributed by atoms with Crippen LogP contribution in [0.5, 0.6) is 11.5 Å². The van der Waals surface area contributed by atoms with Gasteiger partial charge in [0.1, 0.15) is 0 Å². The Morgan fingerprint density at radius 3 is 2.57 bits per heavy atom. The van der Waals surface area contributed by atoms with E-state index in [0.29, 0.717) is 19.5 Å². The van der Waals surface area contributed by atoms with E-state index in [-0.39, 0.29) is 25.1 Å². The number of carbonyl (C=O) groups is 1. The maximum atomic E-state index is 12.4. The van der Waals surface area contributed by atoms with Crippen molar-refractivity contribution in [2.75, 3.05) is 18.2 Å². The number of nitrogens with zero attached hydrogens (tertiary/aromatic N) is 1. The van der Waals surface area contributed by atoms with E-state index in [0.717, 1.165) is 22.7 Å². The van der Waals surface area contributed by atoms with Crippen molar-refractivity contribution < 1.29 is 14.3 Å². The summed E-state index contributed by atoms with van der Waals surface area (Å²) in [7, 11) is 0. The Hall–Kier alpha value is -2.24. The van der Waals surface area contributed by atoms with E-state index in [2.05, 4.69) is 0 Å². The van der Waals surface area contributed by atoms with Crippen molar-refractivity contribution >= 4 is 24.0 Å².